The number of hydrogen-bond acceptors (Lipinski definition) is 5. The molecule has 0 saturated carbocycles. The van der Waals surface area contributed by atoms with Gasteiger partial charge >= 0.3 is 0 Å². The normalized spacial score (nSPS) is 26.7. The van der Waals surface area contributed by atoms with Crippen LogP contribution in [0, 0.1) is 0 Å². The third-order valence-electron chi connectivity index (χ3n) is 4.31. The van der Waals surface area contributed by atoms with Gasteiger partial charge in [0.1, 0.15) is 0 Å². The molecule has 20 heavy (non-hydrogen) atoms. The van der Waals surface area contributed by atoms with Crippen molar-refractivity contribution in [2.75, 3.05) is 18.0 Å². The minimum absolute atomic E-state index is 0.223. The molecule has 0 aliphatic carbocycles. The molecule has 1 aromatic heterocycles. The zero-order chi connectivity index (χ0) is 13.9. The van der Waals surface area contributed by atoms with Gasteiger partial charge in [0.15, 0.2) is 11.5 Å². The molecule has 2 unspecified atom stereocenters. The third kappa shape index (κ3) is 2.60. The maximum Gasteiger partial charge on any atom is 0.269 e. The summed E-state index contributed by atoms with van der Waals surface area (Å²) < 4.78 is 0. The third-order valence-corrected chi connectivity index (χ3v) is 4.31. The van der Waals surface area contributed by atoms with Crippen LogP contribution in [0.2, 0.25) is 0 Å². The number of hydrogen-bond donors (Lipinski definition) is 2. The Morgan fingerprint density at radius 3 is 2.80 bits per heavy atom. The van der Waals surface area contributed by atoms with E-state index in [-0.39, 0.29) is 5.69 Å². The zero-order valence-corrected chi connectivity index (χ0v) is 11.6. The molecule has 2 aliphatic rings. The van der Waals surface area contributed by atoms with Crippen LogP contribution in [0.5, 0.6) is 0 Å². The number of piperidine rings is 1. The Morgan fingerprint density at radius 1 is 1.25 bits per heavy atom. The molecule has 6 nitrogen and oxygen atoms in total. The maximum absolute atomic E-state index is 11.1. The van der Waals surface area contributed by atoms with Gasteiger partial charge in [-0.2, -0.15) is 0 Å². The Kier molecular flexibility index (Phi) is 3.82. The van der Waals surface area contributed by atoms with E-state index >= 15 is 0 Å². The minimum Gasteiger partial charge on any atom is -0.364 e. The van der Waals surface area contributed by atoms with Gasteiger partial charge in [-0.05, 0) is 50.8 Å². The smallest absolute Gasteiger partial charge is 0.269 e. The van der Waals surface area contributed by atoms with E-state index in [2.05, 4.69) is 20.4 Å². The van der Waals surface area contributed by atoms with Crippen molar-refractivity contribution in [1.82, 2.24) is 15.5 Å². The van der Waals surface area contributed by atoms with Crippen LogP contribution >= 0.6 is 0 Å². The van der Waals surface area contributed by atoms with Crippen molar-refractivity contribution < 1.29 is 4.79 Å². The molecule has 0 aromatic carbocycles. The fourth-order valence-corrected chi connectivity index (χ4v) is 3.31. The molecule has 0 bridgehead atoms. The standard InChI is InChI=1S/C14H21N5O/c15-14(20)11-6-7-13(18-17-11)19-9-2-1-5-12(19)10-4-3-8-16-10/h6-7,10,12,16H,1-5,8-9H2,(H2,15,20). The second-order valence-electron chi connectivity index (χ2n) is 5.60. The van der Waals surface area contributed by atoms with Crippen LogP contribution in [0.1, 0.15) is 42.6 Å². The molecule has 108 valence electrons. The first-order valence-corrected chi connectivity index (χ1v) is 7.39. The number of anilines is 1. The lowest BCUT2D eigenvalue weighted by Gasteiger charge is -2.39. The Morgan fingerprint density at radius 2 is 2.15 bits per heavy atom. The minimum atomic E-state index is -0.531. The van der Waals surface area contributed by atoms with E-state index in [1.54, 1.807) is 6.07 Å². The van der Waals surface area contributed by atoms with Gasteiger partial charge in [0, 0.05) is 18.6 Å². The van der Waals surface area contributed by atoms with Crippen molar-refractivity contribution in [2.24, 2.45) is 5.73 Å². The maximum atomic E-state index is 11.1. The second kappa shape index (κ2) is 5.75. The van der Waals surface area contributed by atoms with E-state index in [0.29, 0.717) is 12.1 Å². The van der Waals surface area contributed by atoms with Gasteiger partial charge in [0.25, 0.3) is 5.91 Å². The molecule has 0 spiro atoms. The number of rotatable bonds is 3. The Labute approximate surface area is 118 Å². The predicted molar refractivity (Wildman–Crippen MR) is 76.6 cm³/mol. The number of nitrogens with zero attached hydrogens (tertiary/aromatic N) is 3. The summed E-state index contributed by atoms with van der Waals surface area (Å²) >= 11 is 0. The monoisotopic (exact) mass is 275 g/mol. The number of carbonyl (C=O) groups excluding carboxylic acids is 1. The second-order valence-corrected chi connectivity index (χ2v) is 5.60. The average molecular weight is 275 g/mol. The molecule has 1 aromatic rings. The zero-order valence-electron chi connectivity index (χ0n) is 11.6. The summed E-state index contributed by atoms with van der Waals surface area (Å²) in [6.07, 6.45) is 6.13. The van der Waals surface area contributed by atoms with Gasteiger partial charge in [0.2, 0.25) is 0 Å². The molecule has 2 atom stereocenters. The molecular formula is C14H21N5O. The lowest BCUT2D eigenvalue weighted by molar-refractivity contribution is 0.0994. The summed E-state index contributed by atoms with van der Waals surface area (Å²) in [4.78, 5) is 13.4. The summed E-state index contributed by atoms with van der Waals surface area (Å²) in [6.45, 7) is 2.12. The first kappa shape index (κ1) is 13.3. The lowest BCUT2D eigenvalue weighted by atomic mass is 9.94. The van der Waals surface area contributed by atoms with Crippen molar-refractivity contribution in [3.63, 3.8) is 0 Å². The number of nitrogens with two attached hydrogens (primary N) is 1. The molecule has 3 rings (SSSR count). The van der Waals surface area contributed by atoms with Crippen LogP contribution in [0.4, 0.5) is 5.82 Å². The predicted octanol–water partition coefficient (Wildman–Crippen LogP) is 0.686. The van der Waals surface area contributed by atoms with E-state index in [0.717, 1.165) is 18.9 Å². The van der Waals surface area contributed by atoms with E-state index in [4.69, 9.17) is 5.73 Å². The van der Waals surface area contributed by atoms with Crippen molar-refractivity contribution >= 4 is 11.7 Å². The van der Waals surface area contributed by atoms with Crippen LogP contribution in [0.3, 0.4) is 0 Å². The van der Waals surface area contributed by atoms with Crippen LogP contribution in [0.25, 0.3) is 0 Å². The SMILES string of the molecule is NC(=O)c1ccc(N2CCCCC2C2CCCN2)nn1. The van der Waals surface area contributed by atoms with Crippen LogP contribution in [0.15, 0.2) is 12.1 Å². The van der Waals surface area contributed by atoms with E-state index in [1.165, 1.54) is 32.1 Å². The Bertz CT molecular complexity index is 469. The van der Waals surface area contributed by atoms with Crippen molar-refractivity contribution in [1.29, 1.82) is 0 Å². The highest BCUT2D eigenvalue weighted by atomic mass is 16.1. The highest BCUT2D eigenvalue weighted by molar-refractivity contribution is 5.90. The molecule has 2 aliphatic heterocycles. The van der Waals surface area contributed by atoms with Crippen molar-refractivity contribution in [2.45, 2.75) is 44.2 Å². The molecule has 2 saturated heterocycles. The average Bonchev–Trinajstić information content (AvgIpc) is 3.01. The fourth-order valence-electron chi connectivity index (χ4n) is 3.31. The number of primary amides is 1. The van der Waals surface area contributed by atoms with Gasteiger partial charge in [-0.15, -0.1) is 10.2 Å². The number of amides is 1. The molecule has 3 N–H and O–H groups in total. The Hall–Kier alpha value is -1.69. The topological polar surface area (TPSA) is 84.1 Å². The van der Waals surface area contributed by atoms with E-state index < -0.39 is 5.91 Å². The molecule has 2 fully saturated rings. The van der Waals surface area contributed by atoms with Gasteiger partial charge in [0.05, 0.1) is 0 Å². The number of aromatic nitrogens is 2. The highest BCUT2D eigenvalue weighted by Crippen LogP contribution is 2.27. The molecule has 6 heteroatoms. The summed E-state index contributed by atoms with van der Waals surface area (Å²) in [7, 11) is 0. The first-order valence-electron chi connectivity index (χ1n) is 7.39. The molecule has 3 heterocycles. The molecular weight excluding hydrogens is 254 g/mol. The quantitative estimate of drug-likeness (QED) is 0.847. The largest absolute Gasteiger partial charge is 0.364 e. The Balaban J connectivity index is 1.79. The fraction of sp³-hybridized carbons (Fsp3) is 0.643. The highest BCUT2D eigenvalue weighted by Gasteiger charge is 2.32. The van der Waals surface area contributed by atoms with E-state index in [9.17, 15) is 4.79 Å². The van der Waals surface area contributed by atoms with Gasteiger partial charge in [-0.25, -0.2) is 0 Å². The summed E-state index contributed by atoms with van der Waals surface area (Å²) in [5, 5.41) is 11.7. The summed E-state index contributed by atoms with van der Waals surface area (Å²) in [6, 6.07) is 4.56. The van der Waals surface area contributed by atoms with E-state index in [1.807, 2.05) is 6.07 Å². The van der Waals surface area contributed by atoms with Crippen LogP contribution in [-0.4, -0.2) is 41.3 Å². The van der Waals surface area contributed by atoms with Gasteiger partial charge in [-0.1, -0.05) is 0 Å². The molecule has 1 amide bonds. The summed E-state index contributed by atoms with van der Waals surface area (Å²) in [5.41, 5.74) is 5.43. The number of carbonyl (C=O) groups is 1. The van der Waals surface area contributed by atoms with Crippen LogP contribution in [-0.2, 0) is 0 Å². The lowest BCUT2D eigenvalue weighted by Crippen LogP contribution is -2.50. The number of nitrogens with one attached hydrogen (secondary N) is 1. The van der Waals surface area contributed by atoms with Crippen molar-refractivity contribution in [3.8, 4) is 0 Å². The summed E-state index contributed by atoms with van der Waals surface area (Å²) in [5.74, 6) is 0.324. The van der Waals surface area contributed by atoms with Gasteiger partial charge < -0.3 is 16.0 Å². The van der Waals surface area contributed by atoms with Crippen LogP contribution < -0.4 is 16.0 Å². The van der Waals surface area contributed by atoms with Crippen molar-refractivity contribution in [3.05, 3.63) is 17.8 Å². The van der Waals surface area contributed by atoms with Gasteiger partial charge in [-0.3, -0.25) is 4.79 Å². The first-order chi connectivity index (χ1) is 9.75. The molecule has 0 radical (unpaired) electrons.